The zero-order valence-corrected chi connectivity index (χ0v) is 16.8. The van der Waals surface area contributed by atoms with Crippen LogP contribution in [0, 0.1) is 0 Å². The van der Waals surface area contributed by atoms with E-state index in [0.717, 1.165) is 22.9 Å². The van der Waals surface area contributed by atoms with Crippen molar-refractivity contribution in [3.05, 3.63) is 99.9 Å². The van der Waals surface area contributed by atoms with Crippen LogP contribution >= 0.6 is 23.4 Å². The third-order valence-corrected chi connectivity index (χ3v) is 5.59. The monoisotopic (exact) mass is 421 g/mol. The molecule has 0 aliphatic carbocycles. The highest BCUT2D eigenvalue weighted by molar-refractivity contribution is 8.19. The van der Waals surface area contributed by atoms with E-state index in [-0.39, 0.29) is 11.1 Å². The maximum atomic E-state index is 12.8. The number of halogens is 1. The molecule has 1 aliphatic rings. The number of nitrogens with zero attached hydrogens (tertiary/aromatic N) is 1. The van der Waals surface area contributed by atoms with Crippen LogP contribution in [0.1, 0.15) is 11.1 Å². The van der Waals surface area contributed by atoms with E-state index in [0.29, 0.717) is 28.0 Å². The van der Waals surface area contributed by atoms with Crippen molar-refractivity contribution in [1.82, 2.24) is 0 Å². The van der Waals surface area contributed by atoms with E-state index in [1.165, 1.54) is 4.90 Å². The molecule has 4 rings (SSSR count). The number of carbonyl (C=O) groups is 2. The van der Waals surface area contributed by atoms with Gasteiger partial charge < -0.3 is 4.74 Å². The molecule has 0 unspecified atom stereocenters. The molecule has 0 bridgehead atoms. The van der Waals surface area contributed by atoms with E-state index in [1.807, 2.05) is 54.6 Å². The van der Waals surface area contributed by atoms with Gasteiger partial charge in [0.25, 0.3) is 11.1 Å². The van der Waals surface area contributed by atoms with E-state index in [4.69, 9.17) is 16.3 Å². The molecule has 3 aromatic rings. The quantitative estimate of drug-likeness (QED) is 0.463. The first-order valence-electron chi connectivity index (χ1n) is 8.92. The number of rotatable bonds is 5. The van der Waals surface area contributed by atoms with Crippen LogP contribution < -0.4 is 9.64 Å². The second-order valence-electron chi connectivity index (χ2n) is 6.27. The Labute approximate surface area is 177 Å². The fourth-order valence-corrected chi connectivity index (χ4v) is 3.93. The van der Waals surface area contributed by atoms with Gasteiger partial charge in [-0.2, -0.15) is 0 Å². The highest BCUT2D eigenvalue weighted by atomic mass is 35.5. The Kier molecular flexibility index (Phi) is 5.69. The van der Waals surface area contributed by atoms with Gasteiger partial charge in [0.1, 0.15) is 12.4 Å². The standard InChI is InChI=1S/C23H16ClNO3S/c24-19-12-6-4-9-17(19)15-28-20-13-7-5-8-16(20)14-21-22(26)25(23(27)29-21)18-10-2-1-3-11-18/h1-14H,15H2. The van der Waals surface area contributed by atoms with Crippen molar-refractivity contribution in [1.29, 1.82) is 0 Å². The lowest BCUT2D eigenvalue weighted by Gasteiger charge is -2.12. The molecule has 0 N–H and O–H groups in total. The van der Waals surface area contributed by atoms with Crippen molar-refractivity contribution in [2.75, 3.05) is 4.90 Å². The van der Waals surface area contributed by atoms with Gasteiger partial charge in [-0.15, -0.1) is 0 Å². The van der Waals surface area contributed by atoms with E-state index in [1.54, 1.807) is 30.3 Å². The Bertz CT molecular complexity index is 1100. The number of imide groups is 1. The Morgan fingerprint density at radius 1 is 0.897 bits per heavy atom. The van der Waals surface area contributed by atoms with Gasteiger partial charge in [0, 0.05) is 16.1 Å². The molecule has 6 heteroatoms. The zero-order chi connectivity index (χ0) is 20.2. The number of para-hydroxylation sites is 2. The number of thioether (sulfide) groups is 1. The molecule has 0 saturated carbocycles. The molecule has 0 radical (unpaired) electrons. The van der Waals surface area contributed by atoms with Crippen LogP contribution in [0.2, 0.25) is 5.02 Å². The van der Waals surface area contributed by atoms with Crippen molar-refractivity contribution in [3.8, 4) is 5.75 Å². The molecule has 0 spiro atoms. The largest absolute Gasteiger partial charge is 0.488 e. The third kappa shape index (κ3) is 4.21. The summed E-state index contributed by atoms with van der Waals surface area (Å²) in [5.74, 6) is 0.269. The fraction of sp³-hybridized carbons (Fsp3) is 0.0435. The van der Waals surface area contributed by atoms with Crippen molar-refractivity contribution in [3.63, 3.8) is 0 Å². The fourth-order valence-electron chi connectivity index (χ4n) is 2.91. The van der Waals surface area contributed by atoms with Crippen LogP contribution in [0.15, 0.2) is 83.8 Å². The van der Waals surface area contributed by atoms with Gasteiger partial charge in [0.05, 0.1) is 10.6 Å². The maximum absolute atomic E-state index is 12.8. The number of ether oxygens (including phenoxy) is 1. The van der Waals surface area contributed by atoms with Crippen LogP contribution in [0.3, 0.4) is 0 Å². The topological polar surface area (TPSA) is 46.6 Å². The molecule has 4 nitrogen and oxygen atoms in total. The van der Waals surface area contributed by atoms with Crippen LogP contribution in [0.25, 0.3) is 6.08 Å². The van der Waals surface area contributed by atoms with Gasteiger partial charge >= 0.3 is 0 Å². The van der Waals surface area contributed by atoms with E-state index >= 15 is 0 Å². The van der Waals surface area contributed by atoms with Gasteiger partial charge in [0.2, 0.25) is 0 Å². The Balaban J connectivity index is 1.58. The Morgan fingerprint density at radius 2 is 1.59 bits per heavy atom. The molecule has 144 valence electrons. The summed E-state index contributed by atoms with van der Waals surface area (Å²) in [5, 5.41) is 0.316. The van der Waals surface area contributed by atoms with E-state index in [2.05, 4.69) is 0 Å². The second-order valence-corrected chi connectivity index (χ2v) is 7.67. The summed E-state index contributed by atoms with van der Waals surface area (Å²) in [7, 11) is 0. The minimum Gasteiger partial charge on any atom is -0.488 e. The number of hydrogen-bond acceptors (Lipinski definition) is 4. The van der Waals surface area contributed by atoms with Crippen LogP contribution in [0.5, 0.6) is 5.75 Å². The van der Waals surface area contributed by atoms with Gasteiger partial charge in [0.15, 0.2) is 0 Å². The average molecular weight is 422 g/mol. The molecule has 1 saturated heterocycles. The highest BCUT2D eigenvalue weighted by Crippen LogP contribution is 2.36. The predicted molar refractivity (Wildman–Crippen MR) is 117 cm³/mol. The van der Waals surface area contributed by atoms with Crippen LogP contribution in [-0.2, 0) is 11.4 Å². The molecule has 0 atom stereocenters. The summed E-state index contributed by atoms with van der Waals surface area (Å²) in [5.41, 5.74) is 2.15. The molecule has 1 fully saturated rings. The zero-order valence-electron chi connectivity index (χ0n) is 15.2. The van der Waals surface area contributed by atoms with E-state index < -0.39 is 0 Å². The molecule has 1 aliphatic heterocycles. The first-order chi connectivity index (χ1) is 14.1. The summed E-state index contributed by atoms with van der Waals surface area (Å²) >= 11 is 7.11. The van der Waals surface area contributed by atoms with Crippen LogP contribution in [-0.4, -0.2) is 11.1 Å². The van der Waals surface area contributed by atoms with Crippen molar-refractivity contribution < 1.29 is 14.3 Å². The number of hydrogen-bond donors (Lipinski definition) is 0. The number of benzene rings is 3. The first kappa shape index (κ1) is 19.3. The van der Waals surface area contributed by atoms with Gasteiger partial charge in [-0.1, -0.05) is 66.2 Å². The molecule has 2 amide bonds. The minimum absolute atomic E-state index is 0.302. The van der Waals surface area contributed by atoms with Crippen molar-refractivity contribution in [2.24, 2.45) is 0 Å². The summed E-state index contributed by atoms with van der Waals surface area (Å²) < 4.78 is 5.94. The van der Waals surface area contributed by atoms with E-state index in [9.17, 15) is 9.59 Å². The summed E-state index contributed by atoms with van der Waals surface area (Å²) in [4.78, 5) is 26.8. The highest BCUT2D eigenvalue weighted by Gasteiger charge is 2.36. The third-order valence-electron chi connectivity index (χ3n) is 4.35. The number of amides is 2. The normalized spacial score (nSPS) is 15.2. The van der Waals surface area contributed by atoms with Gasteiger partial charge in [-0.25, -0.2) is 4.90 Å². The first-order valence-corrected chi connectivity index (χ1v) is 10.1. The van der Waals surface area contributed by atoms with Crippen molar-refractivity contribution >= 4 is 46.3 Å². The smallest absolute Gasteiger partial charge is 0.298 e. The van der Waals surface area contributed by atoms with Crippen molar-refractivity contribution in [2.45, 2.75) is 6.61 Å². The Hall–Kier alpha value is -3.02. The average Bonchev–Trinajstić information content (AvgIpc) is 3.02. The molecule has 3 aromatic carbocycles. The molecule has 0 aromatic heterocycles. The predicted octanol–water partition coefficient (Wildman–Crippen LogP) is 6.16. The second kappa shape index (κ2) is 8.55. The molecular weight excluding hydrogens is 406 g/mol. The van der Waals surface area contributed by atoms with Crippen LogP contribution in [0.4, 0.5) is 10.5 Å². The van der Waals surface area contributed by atoms with Gasteiger partial charge in [-0.3, -0.25) is 9.59 Å². The maximum Gasteiger partial charge on any atom is 0.298 e. The molecular formula is C23H16ClNO3S. The number of carbonyl (C=O) groups excluding carboxylic acids is 2. The SMILES string of the molecule is O=C1SC(=Cc2ccccc2OCc2ccccc2Cl)C(=O)N1c1ccccc1. The number of anilines is 1. The molecule has 29 heavy (non-hydrogen) atoms. The lowest BCUT2D eigenvalue weighted by Crippen LogP contribution is -2.27. The molecule has 1 heterocycles. The lowest BCUT2D eigenvalue weighted by atomic mass is 10.1. The van der Waals surface area contributed by atoms with Gasteiger partial charge in [-0.05, 0) is 42.1 Å². The summed E-state index contributed by atoms with van der Waals surface area (Å²) in [6.07, 6.45) is 1.69. The minimum atomic E-state index is -0.341. The lowest BCUT2D eigenvalue weighted by molar-refractivity contribution is -0.113. The summed E-state index contributed by atoms with van der Waals surface area (Å²) in [6.45, 7) is 0.302. The Morgan fingerprint density at radius 3 is 2.38 bits per heavy atom. The summed E-state index contributed by atoms with van der Waals surface area (Å²) in [6, 6.07) is 23.7.